The molecule has 1 aromatic carbocycles. The molecule has 3 aromatic rings. The van der Waals surface area contributed by atoms with E-state index in [4.69, 9.17) is 0 Å². The van der Waals surface area contributed by atoms with E-state index in [-0.39, 0.29) is 37.1 Å². The Bertz CT molecular complexity index is 1240. The van der Waals surface area contributed by atoms with Crippen LogP contribution in [0.5, 0.6) is 5.75 Å². The summed E-state index contributed by atoms with van der Waals surface area (Å²) >= 11 is 3.35. The number of hydrogen-bond acceptors (Lipinski definition) is 6. The maximum atomic E-state index is 13.3. The van der Waals surface area contributed by atoms with Gasteiger partial charge >= 0.3 is 5.69 Å². The van der Waals surface area contributed by atoms with E-state index in [9.17, 15) is 19.8 Å². The maximum Gasteiger partial charge on any atom is 0.332 e. The lowest BCUT2D eigenvalue weighted by Crippen LogP contribution is -2.40. The number of phenols is 1. The van der Waals surface area contributed by atoms with Crippen LogP contribution in [0.2, 0.25) is 0 Å². The number of halogens is 1. The summed E-state index contributed by atoms with van der Waals surface area (Å²) in [7, 11) is 0. The quantitative estimate of drug-likeness (QED) is 0.454. The van der Waals surface area contributed by atoms with Crippen molar-refractivity contribution in [2.24, 2.45) is 0 Å². The monoisotopic (exact) mass is 505 g/mol. The van der Waals surface area contributed by atoms with Crippen molar-refractivity contribution in [3.8, 4) is 5.75 Å². The molecule has 1 aliphatic carbocycles. The Kier molecular flexibility index (Phi) is 6.71. The Balaban J connectivity index is 1.92. The first kappa shape index (κ1) is 22.6. The van der Waals surface area contributed by atoms with Crippen molar-refractivity contribution >= 4 is 33.0 Å². The lowest BCUT2D eigenvalue weighted by atomic mass is 9.96. The van der Waals surface area contributed by atoms with Crippen LogP contribution in [0.4, 0.5) is 5.95 Å². The van der Waals surface area contributed by atoms with Gasteiger partial charge in [-0.3, -0.25) is 18.5 Å². The highest BCUT2D eigenvalue weighted by Gasteiger charge is 2.23. The third-order valence-electron chi connectivity index (χ3n) is 6.05. The van der Waals surface area contributed by atoms with Crippen molar-refractivity contribution in [3.63, 3.8) is 0 Å². The minimum atomic E-state index is -0.472. The number of imidazole rings is 1. The normalized spacial score (nSPS) is 14.8. The summed E-state index contributed by atoms with van der Waals surface area (Å²) in [5, 5.41) is 22.9. The van der Waals surface area contributed by atoms with Crippen molar-refractivity contribution in [3.05, 3.63) is 49.1 Å². The van der Waals surface area contributed by atoms with Gasteiger partial charge in [-0.2, -0.15) is 4.98 Å². The second-order valence-electron chi connectivity index (χ2n) is 8.17. The minimum absolute atomic E-state index is 0.0558. The van der Waals surface area contributed by atoms with Gasteiger partial charge in [0.1, 0.15) is 5.75 Å². The zero-order valence-corrected chi connectivity index (χ0v) is 19.6. The molecule has 10 heteroatoms. The molecule has 0 unspecified atom stereocenters. The van der Waals surface area contributed by atoms with Gasteiger partial charge < -0.3 is 15.5 Å². The largest absolute Gasteiger partial charge is 0.507 e. The smallest absolute Gasteiger partial charge is 0.332 e. The second kappa shape index (κ2) is 9.50. The topological polar surface area (TPSA) is 114 Å². The second-order valence-corrected chi connectivity index (χ2v) is 9.02. The predicted molar refractivity (Wildman–Crippen MR) is 126 cm³/mol. The van der Waals surface area contributed by atoms with Crippen LogP contribution in [0.25, 0.3) is 11.2 Å². The van der Waals surface area contributed by atoms with Gasteiger partial charge in [-0.15, -0.1) is 0 Å². The number of anilines is 1. The fraction of sp³-hybridized carbons (Fsp3) is 0.500. The lowest BCUT2D eigenvalue weighted by molar-refractivity contribution is 0.274. The maximum absolute atomic E-state index is 13.3. The molecule has 0 atom stereocenters. The summed E-state index contributed by atoms with van der Waals surface area (Å²) in [6.45, 7) is 2.12. The van der Waals surface area contributed by atoms with Crippen molar-refractivity contribution in [2.75, 3.05) is 11.9 Å². The highest BCUT2D eigenvalue weighted by atomic mass is 79.9. The molecule has 172 valence electrons. The van der Waals surface area contributed by atoms with Crippen LogP contribution < -0.4 is 16.6 Å². The summed E-state index contributed by atoms with van der Waals surface area (Å²) in [6, 6.07) is 5.43. The van der Waals surface area contributed by atoms with Crippen molar-refractivity contribution in [2.45, 2.75) is 64.7 Å². The number of rotatable bonds is 7. The average Bonchev–Trinajstić information content (AvgIpc) is 3.12. The number of nitrogens with zero attached hydrogens (tertiary/aromatic N) is 4. The average molecular weight is 506 g/mol. The summed E-state index contributed by atoms with van der Waals surface area (Å²) in [5.41, 5.74) is 0.587. The molecule has 32 heavy (non-hydrogen) atoms. The van der Waals surface area contributed by atoms with E-state index in [0.29, 0.717) is 22.5 Å². The fourth-order valence-corrected chi connectivity index (χ4v) is 4.82. The molecule has 2 aromatic heterocycles. The molecular formula is C22H28BrN5O4. The Morgan fingerprint density at radius 2 is 1.91 bits per heavy atom. The molecule has 0 spiro atoms. The van der Waals surface area contributed by atoms with Crippen molar-refractivity contribution in [1.29, 1.82) is 0 Å². The molecule has 2 heterocycles. The van der Waals surface area contributed by atoms with Gasteiger partial charge in [0, 0.05) is 12.6 Å². The summed E-state index contributed by atoms with van der Waals surface area (Å²) in [6.07, 6.45) is 5.54. The van der Waals surface area contributed by atoms with Crippen LogP contribution in [0.15, 0.2) is 32.3 Å². The molecule has 4 rings (SSSR count). The molecule has 1 fully saturated rings. The van der Waals surface area contributed by atoms with Gasteiger partial charge in [-0.05, 0) is 53.4 Å². The van der Waals surface area contributed by atoms with Gasteiger partial charge in [-0.25, -0.2) is 4.79 Å². The van der Waals surface area contributed by atoms with E-state index in [2.05, 4.69) is 26.2 Å². The number of benzene rings is 1. The molecule has 1 saturated carbocycles. The zero-order valence-electron chi connectivity index (χ0n) is 18.1. The SMILES string of the molecule is CCn1c(=O)c2c(nc(NC3CCCCC3)n2Cc2ccc(O)c(Br)c2)n(CCO)c1=O. The Morgan fingerprint density at radius 3 is 2.56 bits per heavy atom. The summed E-state index contributed by atoms with van der Waals surface area (Å²) < 4.78 is 4.91. The van der Waals surface area contributed by atoms with Crippen LogP contribution in [0, 0.1) is 0 Å². The number of nitrogens with one attached hydrogen (secondary N) is 1. The third kappa shape index (κ3) is 4.21. The Morgan fingerprint density at radius 1 is 1.16 bits per heavy atom. The minimum Gasteiger partial charge on any atom is -0.507 e. The van der Waals surface area contributed by atoms with Gasteiger partial charge in [0.05, 0.1) is 24.2 Å². The predicted octanol–water partition coefficient (Wildman–Crippen LogP) is 2.63. The van der Waals surface area contributed by atoms with Gasteiger partial charge in [-0.1, -0.05) is 25.3 Å². The number of hydrogen-bond donors (Lipinski definition) is 3. The van der Waals surface area contributed by atoms with E-state index in [1.54, 1.807) is 25.1 Å². The number of fused-ring (bicyclic) bond motifs is 1. The molecule has 3 N–H and O–H groups in total. The number of aromatic nitrogens is 4. The first-order valence-corrected chi connectivity index (χ1v) is 11.8. The Labute approximate surface area is 193 Å². The molecule has 0 bridgehead atoms. The molecule has 0 amide bonds. The van der Waals surface area contributed by atoms with Crippen LogP contribution in [0.1, 0.15) is 44.6 Å². The first-order valence-electron chi connectivity index (χ1n) is 11.0. The van der Waals surface area contributed by atoms with E-state index in [0.717, 1.165) is 31.2 Å². The molecule has 1 aliphatic rings. The highest BCUT2D eigenvalue weighted by molar-refractivity contribution is 9.10. The van der Waals surface area contributed by atoms with Gasteiger partial charge in [0.15, 0.2) is 11.2 Å². The molecule has 9 nitrogen and oxygen atoms in total. The van der Waals surface area contributed by atoms with Crippen LogP contribution in [-0.4, -0.2) is 41.5 Å². The van der Waals surface area contributed by atoms with E-state index in [1.165, 1.54) is 15.6 Å². The van der Waals surface area contributed by atoms with E-state index >= 15 is 0 Å². The van der Waals surface area contributed by atoms with Crippen LogP contribution in [-0.2, 0) is 19.6 Å². The molecule has 0 aliphatic heterocycles. The van der Waals surface area contributed by atoms with Crippen molar-refractivity contribution < 1.29 is 10.2 Å². The number of aromatic hydroxyl groups is 1. The number of aliphatic hydroxyl groups excluding tert-OH is 1. The summed E-state index contributed by atoms with van der Waals surface area (Å²) in [4.78, 5) is 30.9. The molecule has 0 saturated heterocycles. The number of aliphatic hydroxyl groups is 1. The third-order valence-corrected chi connectivity index (χ3v) is 6.68. The van der Waals surface area contributed by atoms with Crippen LogP contribution >= 0.6 is 15.9 Å². The lowest BCUT2D eigenvalue weighted by Gasteiger charge is -2.23. The molecule has 0 radical (unpaired) electrons. The van der Waals surface area contributed by atoms with E-state index in [1.807, 2.05) is 4.57 Å². The van der Waals surface area contributed by atoms with Gasteiger partial charge in [0.25, 0.3) is 5.56 Å². The van der Waals surface area contributed by atoms with Crippen molar-refractivity contribution in [1.82, 2.24) is 18.7 Å². The highest BCUT2D eigenvalue weighted by Crippen LogP contribution is 2.27. The number of phenolic OH excluding ortho intramolecular Hbond substituents is 1. The fourth-order valence-electron chi connectivity index (χ4n) is 4.40. The zero-order chi connectivity index (χ0) is 22.8. The standard InChI is InChI=1S/C22H28BrN5O4/c1-2-26-20(31)18-19(27(10-11-29)22(26)32)25-21(24-15-6-4-3-5-7-15)28(18)13-14-8-9-17(30)16(23)12-14/h8-9,12,15,29-30H,2-7,10-11,13H2,1H3,(H,24,25). The first-order chi connectivity index (χ1) is 15.4. The Hall–Kier alpha value is -2.59. The summed E-state index contributed by atoms with van der Waals surface area (Å²) in [5.74, 6) is 0.669. The van der Waals surface area contributed by atoms with Crippen LogP contribution in [0.3, 0.4) is 0 Å². The molecular weight excluding hydrogens is 478 g/mol. The van der Waals surface area contributed by atoms with E-state index < -0.39 is 11.2 Å². The van der Waals surface area contributed by atoms with Gasteiger partial charge in [0.2, 0.25) is 5.95 Å².